The van der Waals surface area contributed by atoms with Gasteiger partial charge in [0.05, 0.1) is 5.69 Å². The molecule has 1 N–H and O–H groups in total. The lowest BCUT2D eigenvalue weighted by Gasteiger charge is -1.98. The van der Waals surface area contributed by atoms with E-state index in [-0.39, 0.29) is 11.3 Å². The van der Waals surface area contributed by atoms with Crippen LogP contribution in [0, 0.1) is 0 Å². The molecule has 0 aromatic carbocycles. The van der Waals surface area contributed by atoms with E-state index in [4.69, 9.17) is 4.52 Å². The van der Waals surface area contributed by atoms with Gasteiger partial charge in [-0.15, -0.1) is 0 Å². The second kappa shape index (κ2) is 3.53. The molecule has 0 aliphatic heterocycles. The van der Waals surface area contributed by atoms with Crippen molar-refractivity contribution < 1.29 is 4.52 Å². The molecule has 4 heteroatoms. The average Bonchev–Trinajstić information content (AvgIpc) is 2.61. The Kier molecular flexibility index (Phi) is 2.34. The highest BCUT2D eigenvalue weighted by Gasteiger charge is 2.15. The largest absolute Gasteiger partial charge is 0.337 e. The second-order valence-electron chi connectivity index (χ2n) is 3.94. The molecule has 2 aromatic heterocycles. The zero-order valence-corrected chi connectivity index (χ0v) is 9.13. The minimum atomic E-state index is -0.00875. The topological polar surface area (TPSA) is 58.9 Å². The fourth-order valence-electron chi connectivity index (χ4n) is 1.62. The maximum absolute atomic E-state index is 11.8. The van der Waals surface area contributed by atoms with Gasteiger partial charge in [0.15, 0.2) is 5.43 Å². The van der Waals surface area contributed by atoms with Gasteiger partial charge in [-0.05, 0) is 12.3 Å². The molecule has 0 atom stereocenters. The Morgan fingerprint density at radius 3 is 2.87 bits per heavy atom. The van der Waals surface area contributed by atoms with Crippen molar-refractivity contribution in [2.24, 2.45) is 0 Å². The van der Waals surface area contributed by atoms with E-state index in [9.17, 15) is 4.79 Å². The molecule has 0 bridgehead atoms. The Hall–Kier alpha value is -1.58. The van der Waals surface area contributed by atoms with E-state index in [1.807, 2.05) is 20.8 Å². The van der Waals surface area contributed by atoms with Crippen molar-refractivity contribution in [1.29, 1.82) is 0 Å². The van der Waals surface area contributed by atoms with Crippen LogP contribution in [0.4, 0.5) is 0 Å². The Balaban J connectivity index is 2.77. The molecule has 0 saturated carbocycles. The number of nitrogens with zero attached hydrogens (tertiary/aromatic N) is 1. The van der Waals surface area contributed by atoms with Crippen molar-refractivity contribution in [2.75, 3.05) is 0 Å². The van der Waals surface area contributed by atoms with Crippen LogP contribution in [0.1, 0.15) is 38.1 Å². The summed E-state index contributed by atoms with van der Waals surface area (Å²) >= 11 is 0. The molecule has 0 unspecified atom stereocenters. The second-order valence-corrected chi connectivity index (χ2v) is 3.94. The van der Waals surface area contributed by atoms with Gasteiger partial charge in [-0.1, -0.05) is 25.9 Å². The van der Waals surface area contributed by atoms with Gasteiger partial charge in [0.1, 0.15) is 5.39 Å². The number of H-pyrrole nitrogens is 1. The lowest BCUT2D eigenvalue weighted by molar-refractivity contribution is 0.434. The number of hydrogen-bond acceptors (Lipinski definition) is 3. The highest BCUT2D eigenvalue weighted by Crippen LogP contribution is 2.20. The standard InChI is InChI=1S/C11H14N2O2/c1-4-7-5-8(14)9-10(6(2)3)13-15-11(9)12-7/h5-6H,4H2,1-3H3,(H,12,14). The predicted octanol–water partition coefficient (Wildman–Crippen LogP) is 2.20. The number of rotatable bonds is 2. The summed E-state index contributed by atoms with van der Waals surface area (Å²) < 4.78 is 5.13. The average molecular weight is 206 g/mol. The van der Waals surface area contributed by atoms with Crippen LogP contribution in [-0.2, 0) is 6.42 Å². The molecule has 0 spiro atoms. The van der Waals surface area contributed by atoms with E-state index in [1.165, 1.54) is 0 Å². The summed E-state index contributed by atoms with van der Waals surface area (Å²) in [5.41, 5.74) is 2.08. The van der Waals surface area contributed by atoms with E-state index < -0.39 is 0 Å². The Bertz CT molecular complexity index is 537. The first-order valence-electron chi connectivity index (χ1n) is 5.15. The van der Waals surface area contributed by atoms with Crippen molar-refractivity contribution >= 4 is 11.1 Å². The quantitative estimate of drug-likeness (QED) is 0.819. The number of aromatic nitrogens is 2. The maximum Gasteiger partial charge on any atom is 0.240 e. The van der Waals surface area contributed by atoms with Gasteiger partial charge in [0.2, 0.25) is 5.71 Å². The summed E-state index contributed by atoms with van der Waals surface area (Å²) in [6, 6.07) is 1.62. The van der Waals surface area contributed by atoms with Crippen LogP contribution >= 0.6 is 0 Å². The van der Waals surface area contributed by atoms with Gasteiger partial charge in [0, 0.05) is 11.8 Å². The van der Waals surface area contributed by atoms with Gasteiger partial charge in [-0.25, -0.2) is 0 Å². The van der Waals surface area contributed by atoms with Gasteiger partial charge in [-0.3, -0.25) is 4.79 Å². The van der Waals surface area contributed by atoms with Crippen molar-refractivity contribution in [3.8, 4) is 0 Å². The third kappa shape index (κ3) is 1.56. The van der Waals surface area contributed by atoms with Gasteiger partial charge in [-0.2, -0.15) is 0 Å². The smallest absolute Gasteiger partial charge is 0.240 e. The Morgan fingerprint density at radius 2 is 2.27 bits per heavy atom. The van der Waals surface area contributed by atoms with Crippen molar-refractivity contribution in [1.82, 2.24) is 10.1 Å². The number of aromatic amines is 1. The van der Waals surface area contributed by atoms with Gasteiger partial charge in [0.25, 0.3) is 0 Å². The van der Waals surface area contributed by atoms with Gasteiger partial charge >= 0.3 is 0 Å². The SMILES string of the molecule is CCc1cc(=O)c2c(C(C)C)noc2[nH]1. The minimum Gasteiger partial charge on any atom is -0.337 e. The predicted molar refractivity (Wildman–Crippen MR) is 58.1 cm³/mol. The third-order valence-electron chi connectivity index (χ3n) is 2.47. The van der Waals surface area contributed by atoms with Crippen LogP contribution in [0.5, 0.6) is 0 Å². The van der Waals surface area contributed by atoms with E-state index >= 15 is 0 Å². The van der Waals surface area contributed by atoms with E-state index in [1.54, 1.807) is 6.07 Å². The molecule has 2 aromatic rings. The first-order chi connectivity index (χ1) is 7.13. The first-order valence-corrected chi connectivity index (χ1v) is 5.15. The van der Waals surface area contributed by atoms with Crippen molar-refractivity contribution in [2.45, 2.75) is 33.1 Å². The number of fused-ring (bicyclic) bond motifs is 1. The van der Waals surface area contributed by atoms with E-state index in [2.05, 4.69) is 10.1 Å². The lowest BCUT2D eigenvalue weighted by Crippen LogP contribution is -2.05. The number of pyridine rings is 1. The van der Waals surface area contributed by atoms with E-state index in [0.29, 0.717) is 11.1 Å². The molecule has 15 heavy (non-hydrogen) atoms. The summed E-state index contributed by atoms with van der Waals surface area (Å²) in [7, 11) is 0. The third-order valence-corrected chi connectivity index (χ3v) is 2.47. The number of nitrogens with one attached hydrogen (secondary N) is 1. The number of hydrogen-bond donors (Lipinski definition) is 1. The highest BCUT2D eigenvalue weighted by molar-refractivity contribution is 5.76. The molecule has 0 aliphatic rings. The van der Waals surface area contributed by atoms with Crippen LogP contribution in [-0.4, -0.2) is 10.1 Å². The minimum absolute atomic E-state index is 0.00875. The molecule has 0 saturated heterocycles. The van der Waals surface area contributed by atoms with Crippen LogP contribution in [0.2, 0.25) is 0 Å². The molecule has 0 amide bonds. The van der Waals surface area contributed by atoms with Crippen LogP contribution in [0.3, 0.4) is 0 Å². The van der Waals surface area contributed by atoms with Crippen LogP contribution in [0.15, 0.2) is 15.4 Å². The highest BCUT2D eigenvalue weighted by atomic mass is 16.5. The zero-order valence-electron chi connectivity index (χ0n) is 9.13. The lowest BCUT2D eigenvalue weighted by atomic mass is 10.1. The van der Waals surface area contributed by atoms with Gasteiger partial charge < -0.3 is 9.51 Å². The molecular formula is C11H14N2O2. The Morgan fingerprint density at radius 1 is 1.53 bits per heavy atom. The Labute approximate surface area is 87.3 Å². The monoisotopic (exact) mass is 206 g/mol. The summed E-state index contributed by atoms with van der Waals surface area (Å²) in [6.07, 6.45) is 0.781. The molecule has 0 fully saturated rings. The van der Waals surface area contributed by atoms with Crippen molar-refractivity contribution in [3.63, 3.8) is 0 Å². The molecule has 0 radical (unpaired) electrons. The fraction of sp³-hybridized carbons (Fsp3) is 0.455. The number of aryl methyl sites for hydroxylation is 1. The maximum atomic E-state index is 11.8. The van der Waals surface area contributed by atoms with E-state index in [0.717, 1.165) is 17.8 Å². The summed E-state index contributed by atoms with van der Waals surface area (Å²) in [6.45, 7) is 5.96. The summed E-state index contributed by atoms with van der Waals surface area (Å²) in [4.78, 5) is 14.9. The molecule has 2 heterocycles. The molecule has 80 valence electrons. The normalized spacial score (nSPS) is 11.5. The van der Waals surface area contributed by atoms with Crippen LogP contribution in [0.25, 0.3) is 11.1 Å². The fourth-order valence-corrected chi connectivity index (χ4v) is 1.62. The summed E-state index contributed by atoms with van der Waals surface area (Å²) in [5, 5.41) is 4.51. The zero-order chi connectivity index (χ0) is 11.0. The van der Waals surface area contributed by atoms with Crippen molar-refractivity contribution in [3.05, 3.63) is 27.7 Å². The van der Waals surface area contributed by atoms with Crippen LogP contribution < -0.4 is 5.43 Å². The molecular weight excluding hydrogens is 192 g/mol. The molecule has 2 rings (SSSR count). The first kappa shape index (κ1) is 9.96. The molecule has 0 aliphatic carbocycles. The molecule has 4 nitrogen and oxygen atoms in total. The summed E-state index contributed by atoms with van der Waals surface area (Å²) in [5.74, 6) is 0.194.